The van der Waals surface area contributed by atoms with E-state index in [1.165, 1.54) is 0 Å². The van der Waals surface area contributed by atoms with Gasteiger partial charge in [-0.15, -0.1) is 0 Å². The van der Waals surface area contributed by atoms with Crippen molar-refractivity contribution in [2.75, 3.05) is 19.8 Å². The summed E-state index contributed by atoms with van der Waals surface area (Å²) in [5.74, 6) is 0.781. The fraction of sp³-hybridized carbons (Fsp3) is 0.429. The highest BCUT2D eigenvalue weighted by Crippen LogP contribution is 2.18. The van der Waals surface area contributed by atoms with Crippen LogP contribution in [0.2, 0.25) is 0 Å². The molecule has 1 rings (SSSR count). The molecule has 1 aromatic carbocycles. The zero-order chi connectivity index (χ0) is 13.4. The summed E-state index contributed by atoms with van der Waals surface area (Å²) in [5.41, 5.74) is 0.290. The Morgan fingerprint density at radius 3 is 2.61 bits per heavy atom. The van der Waals surface area contributed by atoms with E-state index >= 15 is 0 Å². The second-order valence-corrected chi connectivity index (χ2v) is 4.44. The van der Waals surface area contributed by atoms with Crippen molar-refractivity contribution in [1.82, 2.24) is 5.32 Å². The maximum Gasteiger partial charge on any atom is 0.124 e. The molecule has 0 aliphatic rings. The van der Waals surface area contributed by atoms with Crippen LogP contribution in [0.3, 0.4) is 0 Å². The van der Waals surface area contributed by atoms with Crippen LogP contribution in [0, 0.1) is 0 Å². The highest BCUT2D eigenvalue weighted by molar-refractivity contribution is 5.33. The van der Waals surface area contributed by atoms with E-state index in [1.807, 2.05) is 24.3 Å². The van der Waals surface area contributed by atoms with Gasteiger partial charge in [0.2, 0.25) is 0 Å². The van der Waals surface area contributed by atoms with Gasteiger partial charge in [-0.3, -0.25) is 0 Å². The van der Waals surface area contributed by atoms with E-state index in [4.69, 9.17) is 4.74 Å². The first-order chi connectivity index (χ1) is 8.65. The lowest BCUT2D eigenvalue weighted by Crippen LogP contribution is -2.48. The van der Waals surface area contributed by atoms with Crippen LogP contribution >= 0.6 is 0 Å². The second-order valence-electron chi connectivity index (χ2n) is 4.44. The number of aliphatic hydroxyl groups is 2. The first kappa shape index (κ1) is 14.7. The van der Waals surface area contributed by atoms with Crippen molar-refractivity contribution in [3.8, 4) is 5.75 Å². The van der Waals surface area contributed by atoms with Crippen LogP contribution in [0.15, 0.2) is 36.9 Å². The van der Waals surface area contributed by atoms with E-state index < -0.39 is 5.54 Å². The molecule has 0 aromatic heterocycles. The Morgan fingerprint density at radius 2 is 2.00 bits per heavy atom. The van der Waals surface area contributed by atoms with Crippen molar-refractivity contribution in [3.05, 3.63) is 42.5 Å². The van der Waals surface area contributed by atoms with Gasteiger partial charge in [-0.1, -0.05) is 30.9 Å². The summed E-state index contributed by atoms with van der Waals surface area (Å²) in [6.07, 6.45) is 1.69. The summed E-state index contributed by atoms with van der Waals surface area (Å²) in [7, 11) is 0. The lowest BCUT2D eigenvalue weighted by atomic mass is 10.0. The van der Waals surface area contributed by atoms with Crippen LogP contribution in [0.1, 0.15) is 12.5 Å². The second kappa shape index (κ2) is 7.16. The molecule has 1 aromatic rings. The van der Waals surface area contributed by atoms with E-state index in [-0.39, 0.29) is 13.2 Å². The number of ether oxygens (including phenoxy) is 1. The maximum atomic E-state index is 9.21. The van der Waals surface area contributed by atoms with Crippen LogP contribution in [0.4, 0.5) is 0 Å². The molecular weight excluding hydrogens is 230 g/mol. The molecule has 0 bridgehead atoms. The van der Waals surface area contributed by atoms with Gasteiger partial charge in [-0.05, 0) is 13.0 Å². The van der Waals surface area contributed by atoms with Gasteiger partial charge >= 0.3 is 0 Å². The molecular formula is C14H21NO3. The number of rotatable bonds is 8. The maximum absolute atomic E-state index is 9.21. The van der Waals surface area contributed by atoms with Gasteiger partial charge in [-0.2, -0.15) is 0 Å². The standard InChI is InChI=1S/C14H21NO3/c1-3-8-18-13-7-5-4-6-12(13)9-15-14(2,10-16)11-17/h3-7,15-17H,1,8-11H2,2H3. The smallest absolute Gasteiger partial charge is 0.124 e. The third kappa shape index (κ3) is 4.14. The fourth-order valence-electron chi connectivity index (χ4n) is 1.41. The van der Waals surface area contributed by atoms with Crippen molar-refractivity contribution in [1.29, 1.82) is 0 Å². The van der Waals surface area contributed by atoms with E-state index in [1.54, 1.807) is 13.0 Å². The summed E-state index contributed by atoms with van der Waals surface area (Å²) < 4.78 is 5.54. The minimum Gasteiger partial charge on any atom is -0.489 e. The van der Waals surface area contributed by atoms with Crippen molar-refractivity contribution >= 4 is 0 Å². The van der Waals surface area contributed by atoms with Crippen LogP contribution in [-0.4, -0.2) is 35.6 Å². The monoisotopic (exact) mass is 251 g/mol. The molecule has 0 fully saturated rings. The molecule has 0 aliphatic heterocycles. The van der Waals surface area contributed by atoms with Crippen LogP contribution in [-0.2, 0) is 6.54 Å². The predicted octanol–water partition coefficient (Wildman–Crippen LogP) is 1.08. The molecule has 0 unspecified atom stereocenters. The summed E-state index contributed by atoms with van der Waals surface area (Å²) in [5, 5.41) is 21.5. The quantitative estimate of drug-likeness (QED) is 0.605. The summed E-state index contributed by atoms with van der Waals surface area (Å²) >= 11 is 0. The van der Waals surface area contributed by atoms with E-state index in [0.29, 0.717) is 13.2 Å². The Balaban J connectivity index is 2.68. The molecule has 0 aliphatic carbocycles. The van der Waals surface area contributed by atoms with Crippen molar-refractivity contribution in [2.24, 2.45) is 0 Å². The highest BCUT2D eigenvalue weighted by atomic mass is 16.5. The van der Waals surface area contributed by atoms with Crippen LogP contribution in [0.5, 0.6) is 5.75 Å². The topological polar surface area (TPSA) is 61.7 Å². The lowest BCUT2D eigenvalue weighted by molar-refractivity contribution is 0.103. The van der Waals surface area contributed by atoms with Crippen LogP contribution in [0.25, 0.3) is 0 Å². The Labute approximate surface area is 108 Å². The normalized spacial score (nSPS) is 11.3. The molecule has 0 radical (unpaired) electrons. The fourth-order valence-corrected chi connectivity index (χ4v) is 1.41. The van der Waals surface area contributed by atoms with Crippen molar-refractivity contribution < 1.29 is 14.9 Å². The van der Waals surface area contributed by atoms with Gasteiger partial charge in [0.1, 0.15) is 12.4 Å². The van der Waals surface area contributed by atoms with E-state index in [9.17, 15) is 10.2 Å². The van der Waals surface area contributed by atoms with E-state index in [2.05, 4.69) is 11.9 Å². The first-order valence-electron chi connectivity index (χ1n) is 5.93. The van der Waals surface area contributed by atoms with Gasteiger partial charge < -0.3 is 20.3 Å². The molecule has 0 saturated heterocycles. The summed E-state index contributed by atoms with van der Waals surface area (Å²) in [6.45, 7) is 6.09. The van der Waals surface area contributed by atoms with Gasteiger partial charge in [0.05, 0.1) is 18.8 Å². The lowest BCUT2D eigenvalue weighted by Gasteiger charge is -2.26. The average Bonchev–Trinajstić information content (AvgIpc) is 2.43. The summed E-state index contributed by atoms with van der Waals surface area (Å²) in [4.78, 5) is 0. The SMILES string of the molecule is C=CCOc1ccccc1CNC(C)(CO)CO. The number of para-hydroxylation sites is 1. The minimum absolute atomic E-state index is 0.126. The minimum atomic E-state index is -0.689. The number of hydrogen-bond donors (Lipinski definition) is 3. The average molecular weight is 251 g/mol. The van der Waals surface area contributed by atoms with Crippen molar-refractivity contribution in [2.45, 2.75) is 19.0 Å². The largest absolute Gasteiger partial charge is 0.489 e. The molecule has 0 spiro atoms. The Bertz CT molecular complexity index is 375. The molecule has 0 heterocycles. The third-order valence-electron chi connectivity index (χ3n) is 2.73. The molecule has 18 heavy (non-hydrogen) atoms. The molecule has 0 saturated carbocycles. The van der Waals surface area contributed by atoms with Crippen LogP contribution < -0.4 is 10.1 Å². The highest BCUT2D eigenvalue weighted by Gasteiger charge is 2.21. The molecule has 4 heteroatoms. The number of hydrogen-bond acceptors (Lipinski definition) is 4. The van der Waals surface area contributed by atoms with Gasteiger partial charge in [0.15, 0.2) is 0 Å². The third-order valence-corrected chi connectivity index (χ3v) is 2.73. The molecule has 0 atom stereocenters. The first-order valence-corrected chi connectivity index (χ1v) is 5.93. The predicted molar refractivity (Wildman–Crippen MR) is 71.6 cm³/mol. The van der Waals surface area contributed by atoms with Gasteiger partial charge in [-0.25, -0.2) is 0 Å². The zero-order valence-corrected chi connectivity index (χ0v) is 10.7. The zero-order valence-electron chi connectivity index (χ0n) is 10.7. The molecule has 100 valence electrons. The molecule has 0 amide bonds. The summed E-state index contributed by atoms with van der Waals surface area (Å²) in [6, 6.07) is 7.66. The Hall–Kier alpha value is -1.36. The van der Waals surface area contributed by atoms with E-state index in [0.717, 1.165) is 11.3 Å². The van der Waals surface area contributed by atoms with Crippen molar-refractivity contribution in [3.63, 3.8) is 0 Å². The van der Waals surface area contributed by atoms with Gasteiger partial charge in [0, 0.05) is 12.1 Å². The Morgan fingerprint density at radius 1 is 1.33 bits per heavy atom. The number of aliphatic hydroxyl groups excluding tert-OH is 2. The Kier molecular flexibility index (Phi) is 5.85. The van der Waals surface area contributed by atoms with Gasteiger partial charge in [0.25, 0.3) is 0 Å². The molecule has 3 N–H and O–H groups in total. The molecule has 4 nitrogen and oxygen atoms in total. The number of benzene rings is 1. The number of nitrogens with one attached hydrogen (secondary N) is 1.